The SMILES string of the molecule is CCOC(=O)c1ncn2c1Cc1c(C)cnn1-c1cc(C)ccc1-2. The molecule has 0 radical (unpaired) electrons. The van der Waals surface area contributed by atoms with E-state index in [0.717, 1.165) is 33.9 Å². The fourth-order valence-electron chi connectivity index (χ4n) is 3.16. The molecular weight excluding hydrogens is 304 g/mol. The van der Waals surface area contributed by atoms with Gasteiger partial charge in [0.15, 0.2) is 5.69 Å². The number of rotatable bonds is 2. The lowest BCUT2D eigenvalue weighted by Crippen LogP contribution is -2.10. The Labute approximate surface area is 139 Å². The highest BCUT2D eigenvalue weighted by Crippen LogP contribution is 2.31. The van der Waals surface area contributed by atoms with Crippen molar-refractivity contribution in [3.05, 3.63) is 58.9 Å². The molecule has 6 nitrogen and oxygen atoms in total. The Morgan fingerprint density at radius 1 is 1.25 bits per heavy atom. The van der Waals surface area contributed by atoms with Gasteiger partial charge in [0, 0.05) is 6.42 Å². The summed E-state index contributed by atoms with van der Waals surface area (Å²) < 4.78 is 9.09. The average Bonchev–Trinajstić information content (AvgIpc) is 3.10. The molecule has 6 heteroatoms. The van der Waals surface area contributed by atoms with Crippen molar-refractivity contribution in [2.75, 3.05) is 6.61 Å². The Kier molecular flexibility index (Phi) is 3.26. The van der Waals surface area contributed by atoms with Crippen molar-refractivity contribution < 1.29 is 9.53 Å². The number of esters is 1. The summed E-state index contributed by atoms with van der Waals surface area (Å²) in [6.07, 6.45) is 4.13. The zero-order valence-electron chi connectivity index (χ0n) is 13.9. The van der Waals surface area contributed by atoms with Gasteiger partial charge >= 0.3 is 5.97 Å². The van der Waals surface area contributed by atoms with Crippen LogP contribution in [0.15, 0.2) is 30.7 Å². The first kappa shape index (κ1) is 14.7. The topological polar surface area (TPSA) is 61.9 Å². The van der Waals surface area contributed by atoms with E-state index in [1.54, 1.807) is 13.3 Å². The molecule has 3 heterocycles. The third kappa shape index (κ3) is 2.06. The molecule has 0 atom stereocenters. The van der Waals surface area contributed by atoms with Gasteiger partial charge in [0.25, 0.3) is 0 Å². The van der Waals surface area contributed by atoms with E-state index in [4.69, 9.17) is 4.74 Å². The first-order valence-corrected chi connectivity index (χ1v) is 7.98. The first-order valence-electron chi connectivity index (χ1n) is 7.98. The van der Waals surface area contributed by atoms with Gasteiger partial charge in [0.2, 0.25) is 0 Å². The van der Waals surface area contributed by atoms with Crippen molar-refractivity contribution in [3.63, 3.8) is 0 Å². The van der Waals surface area contributed by atoms with Gasteiger partial charge in [-0.1, -0.05) is 6.07 Å². The number of carbonyl (C=O) groups excluding carboxylic acids is 1. The largest absolute Gasteiger partial charge is 0.461 e. The quantitative estimate of drug-likeness (QED) is 0.532. The Balaban J connectivity index is 2.00. The fraction of sp³-hybridized carbons (Fsp3) is 0.278. The molecule has 0 bridgehead atoms. The number of aryl methyl sites for hydroxylation is 2. The van der Waals surface area contributed by atoms with Gasteiger partial charge in [-0.15, -0.1) is 0 Å². The zero-order chi connectivity index (χ0) is 16.8. The van der Waals surface area contributed by atoms with Gasteiger partial charge in [-0.3, -0.25) is 4.57 Å². The Hall–Kier alpha value is -2.89. The summed E-state index contributed by atoms with van der Waals surface area (Å²) in [5.74, 6) is -0.384. The number of hydrogen-bond acceptors (Lipinski definition) is 4. The number of imidazole rings is 1. The molecule has 1 aromatic carbocycles. The highest BCUT2D eigenvalue weighted by atomic mass is 16.5. The summed E-state index contributed by atoms with van der Waals surface area (Å²) in [6, 6.07) is 6.19. The van der Waals surface area contributed by atoms with Gasteiger partial charge in [-0.2, -0.15) is 5.10 Å². The van der Waals surface area contributed by atoms with Gasteiger partial charge in [-0.25, -0.2) is 14.5 Å². The second-order valence-electron chi connectivity index (χ2n) is 5.99. The molecule has 0 amide bonds. The van der Waals surface area contributed by atoms with Gasteiger partial charge in [0.05, 0.1) is 35.6 Å². The third-order valence-electron chi connectivity index (χ3n) is 4.37. The minimum absolute atomic E-state index is 0.331. The second-order valence-corrected chi connectivity index (χ2v) is 5.99. The molecule has 122 valence electrons. The number of fused-ring (bicyclic) bond motifs is 5. The number of aromatic nitrogens is 4. The average molecular weight is 322 g/mol. The fourth-order valence-corrected chi connectivity index (χ4v) is 3.16. The third-order valence-corrected chi connectivity index (χ3v) is 4.37. The number of ether oxygens (including phenoxy) is 1. The molecule has 24 heavy (non-hydrogen) atoms. The van der Waals surface area contributed by atoms with E-state index in [-0.39, 0.29) is 5.97 Å². The summed E-state index contributed by atoms with van der Waals surface area (Å²) in [6.45, 7) is 6.21. The van der Waals surface area contributed by atoms with Crippen LogP contribution >= 0.6 is 0 Å². The number of nitrogens with zero attached hydrogens (tertiary/aromatic N) is 4. The molecule has 0 aliphatic carbocycles. The molecule has 2 aromatic heterocycles. The number of carbonyl (C=O) groups is 1. The van der Waals surface area contributed by atoms with E-state index >= 15 is 0 Å². The molecule has 0 saturated heterocycles. The molecule has 1 aliphatic heterocycles. The monoisotopic (exact) mass is 322 g/mol. The van der Waals surface area contributed by atoms with E-state index in [1.165, 1.54) is 0 Å². The lowest BCUT2D eigenvalue weighted by molar-refractivity contribution is 0.0519. The van der Waals surface area contributed by atoms with Crippen molar-refractivity contribution in [1.82, 2.24) is 19.3 Å². The first-order chi connectivity index (χ1) is 11.6. The molecule has 1 aliphatic rings. The zero-order valence-corrected chi connectivity index (χ0v) is 13.9. The van der Waals surface area contributed by atoms with E-state index < -0.39 is 0 Å². The summed E-state index contributed by atoms with van der Waals surface area (Å²) in [5.41, 5.74) is 6.46. The molecule has 4 rings (SSSR count). The van der Waals surface area contributed by atoms with Crippen molar-refractivity contribution in [2.24, 2.45) is 0 Å². The van der Waals surface area contributed by atoms with Crippen LogP contribution in [0.1, 0.15) is 39.9 Å². The summed E-state index contributed by atoms with van der Waals surface area (Å²) in [5, 5.41) is 4.54. The highest BCUT2D eigenvalue weighted by Gasteiger charge is 2.27. The Bertz CT molecular complexity index is 952. The molecular formula is C18H18N4O2. The van der Waals surface area contributed by atoms with Crippen molar-refractivity contribution >= 4 is 5.97 Å². The number of hydrogen-bond donors (Lipinski definition) is 0. The normalized spacial score (nSPS) is 12.1. The number of benzene rings is 1. The van der Waals surface area contributed by atoms with Crippen LogP contribution in [0.4, 0.5) is 0 Å². The predicted molar refractivity (Wildman–Crippen MR) is 88.9 cm³/mol. The predicted octanol–water partition coefficient (Wildman–Crippen LogP) is 2.76. The van der Waals surface area contributed by atoms with Crippen LogP contribution in [0.5, 0.6) is 0 Å². The maximum Gasteiger partial charge on any atom is 0.358 e. The van der Waals surface area contributed by atoms with Crippen LogP contribution in [0.2, 0.25) is 0 Å². The summed E-state index contributed by atoms with van der Waals surface area (Å²) >= 11 is 0. The minimum Gasteiger partial charge on any atom is -0.461 e. The van der Waals surface area contributed by atoms with E-state index in [0.29, 0.717) is 18.7 Å². The molecule has 0 saturated carbocycles. The van der Waals surface area contributed by atoms with Crippen molar-refractivity contribution in [3.8, 4) is 11.4 Å². The van der Waals surface area contributed by atoms with Gasteiger partial charge in [-0.05, 0) is 44.0 Å². The van der Waals surface area contributed by atoms with Gasteiger partial charge < -0.3 is 4.74 Å². The van der Waals surface area contributed by atoms with E-state index in [2.05, 4.69) is 23.1 Å². The Morgan fingerprint density at radius 3 is 2.88 bits per heavy atom. The van der Waals surface area contributed by atoms with E-state index in [1.807, 2.05) is 34.5 Å². The second kappa shape index (κ2) is 5.33. The van der Waals surface area contributed by atoms with Crippen LogP contribution in [0.3, 0.4) is 0 Å². The summed E-state index contributed by atoms with van der Waals surface area (Å²) in [4.78, 5) is 16.6. The lowest BCUT2D eigenvalue weighted by atomic mass is 10.1. The van der Waals surface area contributed by atoms with Crippen LogP contribution < -0.4 is 0 Å². The lowest BCUT2D eigenvalue weighted by Gasteiger charge is -2.11. The smallest absolute Gasteiger partial charge is 0.358 e. The molecule has 0 N–H and O–H groups in total. The standard InChI is InChI=1S/C18H18N4O2/c1-4-24-18(23)17-16-8-14-12(3)9-20-22(14)15-7-11(2)5-6-13(15)21(16)10-19-17/h5-7,9-10H,4,8H2,1-3H3. The van der Waals surface area contributed by atoms with E-state index in [9.17, 15) is 4.79 Å². The van der Waals surface area contributed by atoms with Crippen LogP contribution in [0, 0.1) is 13.8 Å². The maximum atomic E-state index is 12.3. The molecule has 0 spiro atoms. The maximum absolute atomic E-state index is 12.3. The molecule has 0 unspecified atom stereocenters. The highest BCUT2D eigenvalue weighted by molar-refractivity contribution is 5.89. The Morgan fingerprint density at radius 2 is 2.08 bits per heavy atom. The van der Waals surface area contributed by atoms with Gasteiger partial charge in [0.1, 0.15) is 6.33 Å². The van der Waals surface area contributed by atoms with Crippen molar-refractivity contribution in [2.45, 2.75) is 27.2 Å². The summed E-state index contributed by atoms with van der Waals surface area (Å²) in [7, 11) is 0. The molecule has 3 aromatic rings. The van der Waals surface area contributed by atoms with Crippen molar-refractivity contribution in [1.29, 1.82) is 0 Å². The van der Waals surface area contributed by atoms with Crippen LogP contribution in [-0.2, 0) is 11.2 Å². The van der Waals surface area contributed by atoms with Crippen LogP contribution in [0.25, 0.3) is 11.4 Å². The van der Waals surface area contributed by atoms with Crippen LogP contribution in [-0.4, -0.2) is 31.9 Å². The minimum atomic E-state index is -0.384. The molecule has 0 fully saturated rings.